The summed E-state index contributed by atoms with van der Waals surface area (Å²) in [6.45, 7) is 0.993. The van der Waals surface area contributed by atoms with Crippen LogP contribution in [0.1, 0.15) is 21.9 Å². The third-order valence-electron chi connectivity index (χ3n) is 5.45. The molecule has 0 atom stereocenters. The van der Waals surface area contributed by atoms with E-state index in [4.69, 9.17) is 13.6 Å². The van der Waals surface area contributed by atoms with Gasteiger partial charge in [0, 0.05) is 36.3 Å². The van der Waals surface area contributed by atoms with E-state index in [-0.39, 0.29) is 18.4 Å². The third-order valence-corrected chi connectivity index (χ3v) is 5.45. The molecule has 2 aromatic heterocycles. The number of furan rings is 2. The largest absolute Gasteiger partial charge is 0.484 e. The summed E-state index contributed by atoms with van der Waals surface area (Å²) >= 11 is 0. The lowest BCUT2D eigenvalue weighted by molar-refractivity contribution is -0.118. The van der Waals surface area contributed by atoms with Gasteiger partial charge in [-0.1, -0.05) is 18.2 Å². The van der Waals surface area contributed by atoms with Gasteiger partial charge in [0.15, 0.2) is 12.4 Å². The number of carbonyl (C=O) groups is 2. The van der Waals surface area contributed by atoms with Crippen molar-refractivity contribution in [2.24, 2.45) is 0 Å². The maximum atomic E-state index is 12.6. The monoisotopic (exact) mass is 442 g/mol. The zero-order valence-corrected chi connectivity index (χ0v) is 17.8. The molecule has 166 valence electrons. The molecule has 2 aromatic carbocycles. The highest BCUT2D eigenvalue weighted by atomic mass is 16.5. The molecular weight excluding hydrogens is 420 g/mol. The lowest BCUT2D eigenvalue weighted by Crippen LogP contribution is -2.35. The fraction of sp³-hybridized carbons (Fsp3) is 0.154. The standard InChI is InChI=1S/C26H22N2O5/c29-25(17-32-21-5-2-1-3-6-21)27-20-10-8-18(9-11-20)24-15-19-16-28(13-12-22(19)33-24)26(30)23-7-4-14-31-23/h1-11,14-15H,12-13,16-17H2,(H,27,29). The first kappa shape index (κ1) is 20.6. The van der Waals surface area contributed by atoms with Crippen LogP contribution in [0.25, 0.3) is 11.3 Å². The van der Waals surface area contributed by atoms with Gasteiger partial charge in [0.05, 0.1) is 6.26 Å². The van der Waals surface area contributed by atoms with Crippen molar-refractivity contribution in [3.8, 4) is 17.1 Å². The van der Waals surface area contributed by atoms with Crippen molar-refractivity contribution in [2.75, 3.05) is 18.5 Å². The predicted octanol–water partition coefficient (Wildman–Crippen LogP) is 4.76. The van der Waals surface area contributed by atoms with Crippen molar-refractivity contribution in [1.29, 1.82) is 0 Å². The summed E-state index contributed by atoms with van der Waals surface area (Å²) in [6, 6.07) is 22.0. The van der Waals surface area contributed by atoms with E-state index in [0.717, 1.165) is 22.6 Å². The van der Waals surface area contributed by atoms with Crippen LogP contribution in [0.5, 0.6) is 5.75 Å². The van der Waals surface area contributed by atoms with Crippen LogP contribution < -0.4 is 10.1 Å². The molecule has 0 unspecified atom stereocenters. The Morgan fingerprint density at radius 3 is 2.58 bits per heavy atom. The summed E-state index contributed by atoms with van der Waals surface area (Å²) in [5, 5.41) is 2.82. The number of hydrogen-bond acceptors (Lipinski definition) is 5. The lowest BCUT2D eigenvalue weighted by atomic mass is 10.1. The average molecular weight is 442 g/mol. The molecule has 1 aliphatic heterocycles. The predicted molar refractivity (Wildman–Crippen MR) is 122 cm³/mol. The highest BCUT2D eigenvalue weighted by Gasteiger charge is 2.26. The molecule has 0 fully saturated rings. The van der Waals surface area contributed by atoms with Crippen molar-refractivity contribution < 1.29 is 23.2 Å². The van der Waals surface area contributed by atoms with Crippen LogP contribution >= 0.6 is 0 Å². The summed E-state index contributed by atoms with van der Waals surface area (Å²) in [5.41, 5.74) is 2.56. The van der Waals surface area contributed by atoms with Gasteiger partial charge in [-0.3, -0.25) is 9.59 Å². The zero-order chi connectivity index (χ0) is 22.6. The van der Waals surface area contributed by atoms with Crippen LogP contribution in [0.4, 0.5) is 5.69 Å². The number of nitrogens with zero attached hydrogens (tertiary/aromatic N) is 1. The molecule has 0 aliphatic carbocycles. The number of para-hydroxylation sites is 1. The number of nitrogens with one attached hydrogen (secondary N) is 1. The van der Waals surface area contributed by atoms with E-state index in [0.29, 0.717) is 36.7 Å². The van der Waals surface area contributed by atoms with Crippen LogP contribution in [-0.2, 0) is 17.8 Å². The Kier molecular flexibility index (Phi) is 5.68. The molecule has 7 nitrogen and oxygen atoms in total. The lowest BCUT2D eigenvalue weighted by Gasteiger charge is -2.25. The van der Waals surface area contributed by atoms with Crippen LogP contribution in [0.3, 0.4) is 0 Å². The van der Waals surface area contributed by atoms with Crippen molar-refractivity contribution in [3.63, 3.8) is 0 Å². The molecule has 33 heavy (non-hydrogen) atoms. The Bertz CT molecular complexity index is 1240. The smallest absolute Gasteiger partial charge is 0.289 e. The molecule has 2 amide bonds. The zero-order valence-electron chi connectivity index (χ0n) is 17.8. The first-order valence-corrected chi connectivity index (χ1v) is 10.7. The Morgan fingerprint density at radius 1 is 1.00 bits per heavy atom. The fourth-order valence-electron chi connectivity index (χ4n) is 3.79. The highest BCUT2D eigenvalue weighted by molar-refractivity contribution is 5.92. The van der Waals surface area contributed by atoms with E-state index in [9.17, 15) is 9.59 Å². The molecule has 0 radical (unpaired) electrons. The minimum atomic E-state index is -0.235. The van der Waals surface area contributed by atoms with E-state index in [2.05, 4.69) is 5.32 Å². The minimum absolute atomic E-state index is 0.0656. The van der Waals surface area contributed by atoms with Gasteiger partial charge >= 0.3 is 0 Å². The summed E-state index contributed by atoms with van der Waals surface area (Å²) in [7, 11) is 0. The molecule has 1 N–H and O–H groups in total. The number of benzene rings is 2. The third kappa shape index (κ3) is 4.67. The maximum Gasteiger partial charge on any atom is 0.289 e. The van der Waals surface area contributed by atoms with Gasteiger partial charge in [-0.25, -0.2) is 0 Å². The van der Waals surface area contributed by atoms with Crippen LogP contribution in [0.2, 0.25) is 0 Å². The Labute approximate surface area is 190 Å². The fourth-order valence-corrected chi connectivity index (χ4v) is 3.79. The number of rotatable bonds is 6. The molecule has 0 saturated heterocycles. The number of amides is 2. The molecule has 7 heteroatoms. The Balaban J connectivity index is 1.20. The second kappa shape index (κ2) is 9.08. The molecule has 0 bridgehead atoms. The van der Waals surface area contributed by atoms with E-state index < -0.39 is 0 Å². The quantitative estimate of drug-likeness (QED) is 0.466. The molecule has 0 saturated carbocycles. The normalized spacial score (nSPS) is 12.8. The summed E-state index contributed by atoms with van der Waals surface area (Å²) in [4.78, 5) is 26.5. The maximum absolute atomic E-state index is 12.6. The summed E-state index contributed by atoms with van der Waals surface area (Å²) < 4.78 is 16.8. The van der Waals surface area contributed by atoms with Gasteiger partial charge in [0.25, 0.3) is 11.8 Å². The Hall–Kier alpha value is -4.26. The SMILES string of the molecule is O=C(COc1ccccc1)Nc1ccc(-c2cc3c(o2)CCN(C(=O)c2ccco2)C3)cc1. The average Bonchev–Trinajstić information content (AvgIpc) is 3.53. The van der Waals surface area contributed by atoms with Gasteiger partial charge < -0.3 is 23.8 Å². The molecule has 3 heterocycles. The van der Waals surface area contributed by atoms with Gasteiger partial charge in [-0.15, -0.1) is 0 Å². The summed E-state index contributed by atoms with van der Waals surface area (Å²) in [6.07, 6.45) is 2.15. The van der Waals surface area contributed by atoms with Crippen molar-refractivity contribution in [3.05, 3.63) is 96.1 Å². The van der Waals surface area contributed by atoms with Crippen LogP contribution in [0.15, 0.2) is 87.9 Å². The van der Waals surface area contributed by atoms with Gasteiger partial charge in [0.1, 0.15) is 17.3 Å². The number of anilines is 1. The van der Waals surface area contributed by atoms with E-state index >= 15 is 0 Å². The van der Waals surface area contributed by atoms with Crippen LogP contribution in [-0.4, -0.2) is 29.9 Å². The first-order chi connectivity index (χ1) is 16.2. The summed E-state index contributed by atoms with van der Waals surface area (Å²) in [5.74, 6) is 2.26. The second-order valence-electron chi connectivity index (χ2n) is 7.74. The molecule has 1 aliphatic rings. The second-order valence-corrected chi connectivity index (χ2v) is 7.74. The topological polar surface area (TPSA) is 84.9 Å². The van der Waals surface area contributed by atoms with Crippen molar-refractivity contribution >= 4 is 17.5 Å². The van der Waals surface area contributed by atoms with Crippen molar-refractivity contribution in [1.82, 2.24) is 4.90 Å². The van der Waals surface area contributed by atoms with E-state index in [1.165, 1.54) is 6.26 Å². The Morgan fingerprint density at radius 2 is 1.82 bits per heavy atom. The van der Waals surface area contributed by atoms with E-state index in [1.807, 2.05) is 48.5 Å². The minimum Gasteiger partial charge on any atom is -0.484 e. The molecule has 0 spiro atoms. The number of ether oxygens (including phenoxy) is 1. The highest BCUT2D eigenvalue weighted by Crippen LogP contribution is 2.30. The van der Waals surface area contributed by atoms with Crippen LogP contribution in [0, 0.1) is 0 Å². The number of carbonyl (C=O) groups excluding carboxylic acids is 2. The molecular formula is C26H22N2O5. The van der Waals surface area contributed by atoms with Gasteiger partial charge in [-0.05, 0) is 54.6 Å². The number of hydrogen-bond donors (Lipinski definition) is 1. The number of fused-ring (bicyclic) bond motifs is 1. The van der Waals surface area contributed by atoms with Gasteiger partial charge in [-0.2, -0.15) is 0 Å². The van der Waals surface area contributed by atoms with E-state index in [1.54, 1.807) is 29.2 Å². The van der Waals surface area contributed by atoms with Crippen molar-refractivity contribution in [2.45, 2.75) is 13.0 Å². The first-order valence-electron chi connectivity index (χ1n) is 10.7. The molecule has 4 aromatic rings. The van der Waals surface area contributed by atoms with Gasteiger partial charge in [0.2, 0.25) is 0 Å². The molecule has 5 rings (SSSR count).